The van der Waals surface area contributed by atoms with Gasteiger partial charge in [-0.25, -0.2) is 0 Å². The average Bonchev–Trinajstić information content (AvgIpc) is 3.31. The molecule has 3 aromatic rings. The largest absolute Gasteiger partial charge is 0.454 e. The summed E-state index contributed by atoms with van der Waals surface area (Å²) in [6.45, 7) is 5.07. The number of rotatable bonds is 6. The Bertz CT molecular complexity index is 961. The monoisotopic (exact) mass is 364 g/mol. The maximum atomic E-state index is 12.7. The van der Waals surface area contributed by atoms with Gasteiger partial charge in [0, 0.05) is 41.5 Å². The number of H-pyrrole nitrogens is 1. The van der Waals surface area contributed by atoms with E-state index in [2.05, 4.69) is 30.2 Å². The number of carbonyl (C=O) groups is 1. The van der Waals surface area contributed by atoms with Crippen LogP contribution in [0.15, 0.2) is 48.7 Å². The first-order valence-electron chi connectivity index (χ1n) is 9.34. The van der Waals surface area contributed by atoms with Crippen LogP contribution in [0.5, 0.6) is 11.5 Å². The Labute approximate surface area is 158 Å². The predicted octanol–water partition coefficient (Wildman–Crippen LogP) is 4.19. The third-order valence-corrected chi connectivity index (χ3v) is 4.90. The molecule has 27 heavy (non-hydrogen) atoms. The van der Waals surface area contributed by atoms with Crippen LogP contribution in [0.2, 0.25) is 0 Å². The van der Waals surface area contributed by atoms with Crippen molar-refractivity contribution in [2.24, 2.45) is 5.92 Å². The third kappa shape index (κ3) is 3.50. The maximum Gasteiger partial charge on any atom is 0.231 e. The van der Waals surface area contributed by atoms with E-state index >= 15 is 0 Å². The van der Waals surface area contributed by atoms with Crippen LogP contribution in [0.3, 0.4) is 0 Å². The minimum Gasteiger partial charge on any atom is -0.454 e. The molecule has 0 spiro atoms. The SMILES string of the molecule is CC(C)CNC(=O)C[C@@H](c1cccc2c1OCO2)c1c[nH]c2ccccc12. The minimum atomic E-state index is -0.120. The van der Waals surface area contributed by atoms with E-state index in [1.807, 2.05) is 42.6 Å². The van der Waals surface area contributed by atoms with Gasteiger partial charge in [0.25, 0.3) is 0 Å². The lowest BCUT2D eigenvalue weighted by molar-refractivity contribution is -0.121. The first-order valence-corrected chi connectivity index (χ1v) is 9.34. The smallest absolute Gasteiger partial charge is 0.231 e. The molecular weight excluding hydrogens is 340 g/mol. The maximum absolute atomic E-state index is 12.7. The summed E-state index contributed by atoms with van der Waals surface area (Å²) in [6.07, 6.45) is 2.36. The normalized spacial score (nSPS) is 13.9. The lowest BCUT2D eigenvalue weighted by Gasteiger charge is -2.19. The summed E-state index contributed by atoms with van der Waals surface area (Å²) < 4.78 is 11.3. The Hall–Kier alpha value is -2.95. The van der Waals surface area contributed by atoms with Crippen LogP contribution < -0.4 is 14.8 Å². The molecule has 2 heterocycles. The molecule has 1 aromatic heterocycles. The molecule has 4 rings (SSSR count). The van der Waals surface area contributed by atoms with Crippen LogP contribution >= 0.6 is 0 Å². The summed E-state index contributed by atoms with van der Waals surface area (Å²) in [4.78, 5) is 16.0. The first-order chi connectivity index (χ1) is 13.1. The molecule has 1 aliphatic heterocycles. The van der Waals surface area contributed by atoms with Gasteiger partial charge in [0.2, 0.25) is 12.7 Å². The summed E-state index contributed by atoms with van der Waals surface area (Å²) in [6, 6.07) is 14.0. The highest BCUT2D eigenvalue weighted by molar-refractivity contribution is 5.86. The van der Waals surface area contributed by atoms with Gasteiger partial charge in [-0.05, 0) is 23.6 Å². The number of aromatic nitrogens is 1. The zero-order chi connectivity index (χ0) is 18.8. The molecule has 0 unspecified atom stereocenters. The summed E-state index contributed by atoms with van der Waals surface area (Å²) in [7, 11) is 0. The van der Waals surface area contributed by atoms with Gasteiger partial charge in [0.15, 0.2) is 11.5 Å². The molecule has 140 valence electrons. The van der Waals surface area contributed by atoms with E-state index in [4.69, 9.17) is 9.47 Å². The van der Waals surface area contributed by atoms with E-state index in [1.54, 1.807) is 0 Å². The van der Waals surface area contributed by atoms with Crippen molar-refractivity contribution in [2.45, 2.75) is 26.2 Å². The van der Waals surface area contributed by atoms with Crippen LogP contribution in [0.25, 0.3) is 10.9 Å². The minimum absolute atomic E-state index is 0.0375. The van der Waals surface area contributed by atoms with Gasteiger partial charge in [-0.1, -0.05) is 44.2 Å². The van der Waals surface area contributed by atoms with Crippen LogP contribution in [0, 0.1) is 5.92 Å². The number of nitrogens with one attached hydrogen (secondary N) is 2. The molecular formula is C22H24N2O3. The van der Waals surface area contributed by atoms with Crippen molar-refractivity contribution < 1.29 is 14.3 Å². The van der Waals surface area contributed by atoms with Crippen molar-refractivity contribution in [1.29, 1.82) is 0 Å². The molecule has 0 fully saturated rings. The number of fused-ring (bicyclic) bond motifs is 2. The van der Waals surface area contributed by atoms with Crippen LogP contribution in [0.1, 0.15) is 37.3 Å². The van der Waals surface area contributed by atoms with Gasteiger partial charge < -0.3 is 19.8 Å². The van der Waals surface area contributed by atoms with Crippen molar-refractivity contribution in [3.05, 3.63) is 59.8 Å². The Morgan fingerprint density at radius 2 is 1.96 bits per heavy atom. The van der Waals surface area contributed by atoms with Crippen LogP contribution in [-0.2, 0) is 4.79 Å². The van der Waals surface area contributed by atoms with E-state index in [0.29, 0.717) is 18.9 Å². The highest BCUT2D eigenvalue weighted by Crippen LogP contribution is 2.43. The lowest BCUT2D eigenvalue weighted by atomic mass is 9.87. The third-order valence-electron chi connectivity index (χ3n) is 4.90. The molecule has 2 N–H and O–H groups in total. The first kappa shape index (κ1) is 17.5. The number of hydrogen-bond acceptors (Lipinski definition) is 3. The second-order valence-corrected chi connectivity index (χ2v) is 7.33. The molecule has 0 bridgehead atoms. The Morgan fingerprint density at radius 3 is 2.81 bits per heavy atom. The fourth-order valence-electron chi connectivity index (χ4n) is 3.57. The summed E-state index contributed by atoms with van der Waals surface area (Å²) in [5.41, 5.74) is 3.13. The van der Waals surface area contributed by atoms with Gasteiger partial charge >= 0.3 is 0 Å². The number of hydrogen-bond donors (Lipinski definition) is 2. The molecule has 5 heteroatoms. The summed E-state index contributed by atoms with van der Waals surface area (Å²) in [5, 5.41) is 4.16. The van der Waals surface area contributed by atoms with Crippen LogP contribution in [-0.4, -0.2) is 24.2 Å². The second-order valence-electron chi connectivity index (χ2n) is 7.33. The fraction of sp³-hybridized carbons (Fsp3) is 0.318. The van der Waals surface area contributed by atoms with E-state index in [1.165, 1.54) is 0 Å². The predicted molar refractivity (Wildman–Crippen MR) is 105 cm³/mol. The standard InChI is InChI=1S/C22H24N2O3/c1-14(2)11-24-21(25)10-17(16-7-5-9-20-22(16)27-13-26-20)18-12-23-19-8-4-3-6-15(18)19/h3-9,12,14,17,23H,10-11,13H2,1-2H3,(H,24,25)/t17-/m0/s1. The molecule has 1 amide bonds. The molecule has 0 saturated heterocycles. The molecule has 0 aliphatic carbocycles. The van der Waals surface area contributed by atoms with Gasteiger partial charge in [0.1, 0.15) is 0 Å². The van der Waals surface area contributed by atoms with E-state index < -0.39 is 0 Å². The Morgan fingerprint density at radius 1 is 1.11 bits per heavy atom. The van der Waals surface area contributed by atoms with Gasteiger partial charge in [-0.2, -0.15) is 0 Å². The molecule has 5 nitrogen and oxygen atoms in total. The van der Waals surface area contributed by atoms with E-state index in [-0.39, 0.29) is 18.6 Å². The fourth-order valence-corrected chi connectivity index (χ4v) is 3.57. The van der Waals surface area contributed by atoms with Gasteiger partial charge in [-0.15, -0.1) is 0 Å². The van der Waals surface area contributed by atoms with Crippen molar-refractivity contribution in [2.75, 3.05) is 13.3 Å². The zero-order valence-electron chi connectivity index (χ0n) is 15.6. The topological polar surface area (TPSA) is 63.4 Å². The van der Waals surface area contributed by atoms with Crippen LogP contribution in [0.4, 0.5) is 0 Å². The molecule has 1 aliphatic rings. The molecule has 1 atom stereocenters. The summed E-state index contributed by atoms with van der Waals surface area (Å²) >= 11 is 0. The lowest BCUT2D eigenvalue weighted by Crippen LogP contribution is -2.28. The Balaban J connectivity index is 1.74. The van der Waals surface area contributed by atoms with Crippen molar-refractivity contribution in [3.63, 3.8) is 0 Å². The number of carbonyl (C=O) groups excluding carboxylic acids is 1. The van der Waals surface area contributed by atoms with Crippen molar-refractivity contribution in [1.82, 2.24) is 10.3 Å². The molecule has 2 aromatic carbocycles. The van der Waals surface area contributed by atoms with E-state index in [9.17, 15) is 4.79 Å². The average molecular weight is 364 g/mol. The van der Waals surface area contributed by atoms with E-state index in [0.717, 1.165) is 33.5 Å². The number of ether oxygens (including phenoxy) is 2. The number of aromatic amines is 1. The van der Waals surface area contributed by atoms with Gasteiger partial charge in [-0.3, -0.25) is 4.79 Å². The number of amides is 1. The summed E-state index contributed by atoms with van der Waals surface area (Å²) in [5.74, 6) is 1.81. The molecule has 0 saturated carbocycles. The van der Waals surface area contributed by atoms with Crippen molar-refractivity contribution in [3.8, 4) is 11.5 Å². The highest BCUT2D eigenvalue weighted by Gasteiger charge is 2.28. The molecule has 0 radical (unpaired) electrons. The van der Waals surface area contributed by atoms with Gasteiger partial charge in [0.05, 0.1) is 0 Å². The quantitative estimate of drug-likeness (QED) is 0.689. The number of para-hydroxylation sites is 2. The number of benzene rings is 2. The second kappa shape index (κ2) is 7.35. The zero-order valence-corrected chi connectivity index (χ0v) is 15.6. The Kier molecular flexibility index (Phi) is 4.75. The van der Waals surface area contributed by atoms with Crippen molar-refractivity contribution >= 4 is 16.8 Å². The highest BCUT2D eigenvalue weighted by atomic mass is 16.7.